The molecule has 326 valence electrons. The van der Waals surface area contributed by atoms with Crippen molar-refractivity contribution in [3.05, 3.63) is 138 Å². The molecule has 0 unspecified atom stereocenters. The Morgan fingerprint density at radius 1 is 0.746 bits per heavy atom. The normalized spacial score (nSPS) is 17.4. The molecule has 0 aliphatic carbocycles. The van der Waals surface area contributed by atoms with E-state index in [4.69, 9.17) is 23.2 Å². The van der Waals surface area contributed by atoms with Gasteiger partial charge < -0.3 is 15.1 Å². The van der Waals surface area contributed by atoms with Crippen LogP contribution in [0.5, 0.6) is 0 Å². The Balaban J connectivity index is 0.000000329. The number of carbonyl (C=O) groups is 2. The molecule has 3 aliphatic heterocycles. The molecule has 3 saturated heterocycles. The first-order valence-electron chi connectivity index (χ1n) is 19.4. The van der Waals surface area contributed by atoms with Crippen molar-refractivity contribution in [3.63, 3.8) is 0 Å². The summed E-state index contributed by atoms with van der Waals surface area (Å²) in [4.78, 5) is 55.8. The fraction of sp³-hybridized carbons (Fsp3) is 0.267. The summed E-state index contributed by atoms with van der Waals surface area (Å²) in [6.07, 6.45) is 10.4. The van der Waals surface area contributed by atoms with Gasteiger partial charge in [0.25, 0.3) is 0 Å². The molecule has 2 bridgehead atoms. The minimum Gasteiger partial charge on any atom is -0.365 e. The van der Waals surface area contributed by atoms with Gasteiger partial charge in [-0.15, -0.1) is 0 Å². The highest BCUT2D eigenvalue weighted by molar-refractivity contribution is 6.28. The maximum absolute atomic E-state index is 13.4. The first-order valence-corrected chi connectivity index (χ1v) is 20.2. The van der Waals surface area contributed by atoms with Gasteiger partial charge in [0.05, 0.1) is 42.1 Å². The number of likely N-dealkylation sites (tertiary alicyclic amines) is 2. The number of hydrogen-bond donors (Lipinski definition) is 2. The van der Waals surface area contributed by atoms with Crippen LogP contribution in [0.15, 0.2) is 116 Å². The van der Waals surface area contributed by atoms with Gasteiger partial charge in [-0.05, 0) is 121 Å². The SMILES string of the molecule is C.C.Clc1ncccn1.Fc1cnc(Cl)nc1.O=C(Nc1ccc2[nH]nc(-c3ccc(F)cc3)c2c1)[C@@H]1CCN(CC(=O)N2C[C@@H]3C[C@H]2CN3c2ccc(-c3ncccn3)cc2)C1. The molecule has 10 rings (SSSR count). The van der Waals surface area contributed by atoms with Crippen molar-refractivity contribution in [1.82, 2.24) is 49.9 Å². The van der Waals surface area contributed by atoms with Crippen molar-refractivity contribution in [3.8, 4) is 22.6 Å². The topological polar surface area (TPSA) is 162 Å². The average Bonchev–Trinajstić information content (AvgIpc) is 4.11. The number of fused-ring (bicyclic) bond motifs is 3. The molecular formula is C45H46Cl2F2N12O2. The first kappa shape index (κ1) is 46.0. The molecule has 0 radical (unpaired) electrons. The number of anilines is 2. The lowest BCUT2D eigenvalue weighted by Gasteiger charge is -2.36. The lowest BCUT2D eigenvalue weighted by Crippen LogP contribution is -2.51. The lowest BCUT2D eigenvalue weighted by molar-refractivity contribution is -0.133. The number of aromatic nitrogens is 8. The number of aromatic amines is 1. The second-order valence-corrected chi connectivity index (χ2v) is 15.3. The van der Waals surface area contributed by atoms with Crippen LogP contribution in [0.3, 0.4) is 0 Å². The van der Waals surface area contributed by atoms with E-state index in [1.807, 2.05) is 29.2 Å². The zero-order valence-electron chi connectivity index (χ0n) is 32.5. The van der Waals surface area contributed by atoms with Crippen molar-refractivity contribution < 1.29 is 18.4 Å². The van der Waals surface area contributed by atoms with Gasteiger partial charge in [-0.2, -0.15) is 5.10 Å². The van der Waals surface area contributed by atoms with E-state index in [1.54, 1.807) is 43.0 Å². The number of H-pyrrole nitrogens is 1. The van der Waals surface area contributed by atoms with E-state index in [-0.39, 0.29) is 49.7 Å². The van der Waals surface area contributed by atoms with Gasteiger partial charge in [-0.25, -0.2) is 38.7 Å². The summed E-state index contributed by atoms with van der Waals surface area (Å²) in [5.74, 6) is -0.178. The van der Waals surface area contributed by atoms with Gasteiger partial charge in [-0.1, -0.05) is 14.9 Å². The van der Waals surface area contributed by atoms with Gasteiger partial charge in [-0.3, -0.25) is 19.6 Å². The summed E-state index contributed by atoms with van der Waals surface area (Å²) in [5, 5.41) is 11.7. The summed E-state index contributed by atoms with van der Waals surface area (Å²) < 4.78 is 25.3. The predicted molar refractivity (Wildman–Crippen MR) is 241 cm³/mol. The summed E-state index contributed by atoms with van der Waals surface area (Å²) in [6.45, 7) is 3.15. The smallest absolute Gasteiger partial charge is 0.237 e. The van der Waals surface area contributed by atoms with Crippen LogP contribution in [-0.4, -0.2) is 107 Å². The predicted octanol–water partition coefficient (Wildman–Crippen LogP) is 8.25. The highest BCUT2D eigenvalue weighted by Gasteiger charge is 2.45. The summed E-state index contributed by atoms with van der Waals surface area (Å²) >= 11 is 10.5. The van der Waals surface area contributed by atoms with Crippen LogP contribution in [0.25, 0.3) is 33.5 Å². The maximum atomic E-state index is 13.4. The summed E-state index contributed by atoms with van der Waals surface area (Å²) in [7, 11) is 0. The minimum atomic E-state index is -0.477. The molecule has 7 heterocycles. The zero-order chi connectivity index (χ0) is 42.3. The van der Waals surface area contributed by atoms with Crippen LogP contribution in [0.4, 0.5) is 20.2 Å². The van der Waals surface area contributed by atoms with Gasteiger partial charge in [0.1, 0.15) is 5.82 Å². The molecule has 4 aromatic heterocycles. The second kappa shape index (κ2) is 21.1. The largest absolute Gasteiger partial charge is 0.365 e. The van der Waals surface area contributed by atoms with Crippen LogP contribution < -0.4 is 10.2 Å². The maximum Gasteiger partial charge on any atom is 0.237 e. The molecule has 3 aliphatic rings. The van der Waals surface area contributed by atoms with Gasteiger partial charge in [0, 0.05) is 78.4 Å². The van der Waals surface area contributed by atoms with Crippen LogP contribution in [-0.2, 0) is 9.59 Å². The van der Waals surface area contributed by atoms with Crippen LogP contribution in [0.2, 0.25) is 10.6 Å². The molecule has 3 aromatic carbocycles. The summed E-state index contributed by atoms with van der Waals surface area (Å²) in [5.41, 5.74) is 5.14. The Kier molecular flexibility index (Phi) is 15.4. The first-order chi connectivity index (χ1) is 29.7. The van der Waals surface area contributed by atoms with Crippen molar-refractivity contribution in [2.24, 2.45) is 5.92 Å². The lowest BCUT2D eigenvalue weighted by atomic mass is 10.1. The number of amides is 2. The van der Waals surface area contributed by atoms with E-state index < -0.39 is 5.82 Å². The fourth-order valence-electron chi connectivity index (χ4n) is 7.75. The zero-order valence-corrected chi connectivity index (χ0v) is 34.0. The monoisotopic (exact) mass is 894 g/mol. The summed E-state index contributed by atoms with van der Waals surface area (Å²) in [6, 6.07) is 24.2. The van der Waals surface area contributed by atoms with Crippen LogP contribution >= 0.6 is 23.2 Å². The van der Waals surface area contributed by atoms with E-state index in [2.05, 4.69) is 79.5 Å². The van der Waals surface area contributed by atoms with Crippen molar-refractivity contribution >= 4 is 57.3 Å². The van der Waals surface area contributed by atoms with Crippen molar-refractivity contribution in [1.29, 1.82) is 0 Å². The van der Waals surface area contributed by atoms with E-state index in [9.17, 15) is 18.4 Å². The Morgan fingerprint density at radius 2 is 1.40 bits per heavy atom. The van der Waals surface area contributed by atoms with Gasteiger partial charge in [0.2, 0.25) is 22.4 Å². The van der Waals surface area contributed by atoms with E-state index >= 15 is 0 Å². The number of rotatable bonds is 7. The Labute approximate surface area is 373 Å². The standard InChI is InChI=1S/C35H33FN8O2.C4H2ClFN2.C4H3ClN2.2CH4/c36-25-6-2-22(3-7-25)33-30-16-26(8-11-31(30)40-41-33)39-35(46)24-12-15-42(18-24)21-32(45)44-20-28-17-29(44)19-43(28)27-9-4-23(5-10-27)34-37-13-1-14-38-34;5-4-7-1-3(6)2-8-4;5-4-6-2-1-3-7-4;;/h1-11,13-14,16,24,28-29H,12,15,17-21H2,(H,39,46)(H,40,41);1-2H;1-3H;2*1H4/t24-,28+,29+;;;;/m1..../s1. The molecule has 63 heavy (non-hydrogen) atoms. The molecule has 3 fully saturated rings. The van der Waals surface area contributed by atoms with E-state index in [1.165, 1.54) is 12.1 Å². The minimum absolute atomic E-state index is 0. The Hall–Kier alpha value is -6.49. The number of carbonyl (C=O) groups excluding carboxylic acids is 2. The van der Waals surface area contributed by atoms with E-state index in [0.29, 0.717) is 54.6 Å². The number of hydrogen-bond acceptors (Lipinski definition) is 11. The van der Waals surface area contributed by atoms with E-state index in [0.717, 1.165) is 59.6 Å². The molecule has 0 saturated carbocycles. The fourth-order valence-corrected chi connectivity index (χ4v) is 7.96. The number of nitrogens with zero attached hydrogens (tertiary/aromatic N) is 10. The molecule has 2 amide bonds. The molecule has 7 aromatic rings. The Morgan fingerprint density at radius 3 is 2.02 bits per heavy atom. The third-order valence-corrected chi connectivity index (χ3v) is 11.0. The molecular weight excluding hydrogens is 849 g/mol. The number of piperazine rings is 1. The van der Waals surface area contributed by atoms with Crippen LogP contribution in [0, 0.1) is 17.6 Å². The highest BCUT2D eigenvalue weighted by Crippen LogP contribution is 2.36. The second-order valence-electron chi connectivity index (χ2n) is 14.6. The average molecular weight is 896 g/mol. The third-order valence-electron chi connectivity index (χ3n) is 10.7. The van der Waals surface area contributed by atoms with Crippen molar-refractivity contribution in [2.45, 2.75) is 39.8 Å². The third kappa shape index (κ3) is 11.3. The number of nitrogens with one attached hydrogen (secondary N) is 2. The molecule has 2 N–H and O–H groups in total. The quantitative estimate of drug-likeness (QED) is 0.148. The molecule has 3 atom stereocenters. The van der Waals surface area contributed by atoms with Crippen molar-refractivity contribution in [2.75, 3.05) is 42.9 Å². The number of benzene rings is 3. The molecule has 18 heteroatoms. The molecule has 14 nitrogen and oxygen atoms in total. The Bertz CT molecular complexity index is 2550. The number of halogens is 4. The van der Waals surface area contributed by atoms with Crippen LogP contribution in [0.1, 0.15) is 27.7 Å². The van der Waals surface area contributed by atoms with Gasteiger partial charge >= 0.3 is 0 Å². The highest BCUT2D eigenvalue weighted by atomic mass is 35.5. The van der Waals surface area contributed by atoms with Gasteiger partial charge in [0.15, 0.2) is 11.6 Å². The molecule has 0 spiro atoms.